The quantitative estimate of drug-likeness (QED) is 0.474. The van der Waals surface area contributed by atoms with Gasteiger partial charge in [-0.1, -0.05) is 26.2 Å². The number of carbonyl (C=O) groups is 2. The van der Waals surface area contributed by atoms with Crippen molar-refractivity contribution < 1.29 is 19.1 Å². The molecule has 0 amide bonds. The van der Waals surface area contributed by atoms with Crippen LogP contribution in [-0.4, -0.2) is 25.7 Å². The fourth-order valence-corrected chi connectivity index (χ4v) is 1.49. The highest BCUT2D eigenvalue weighted by molar-refractivity contribution is 5.79. The molecule has 0 bridgehead atoms. The fourth-order valence-electron chi connectivity index (χ4n) is 1.49. The average molecular weight is 230 g/mol. The molecule has 0 aromatic rings. The summed E-state index contributed by atoms with van der Waals surface area (Å²) in [4.78, 5) is 22.7. The molecule has 0 aliphatic carbocycles. The van der Waals surface area contributed by atoms with Crippen molar-refractivity contribution in [3.63, 3.8) is 0 Å². The van der Waals surface area contributed by atoms with E-state index in [0.717, 1.165) is 19.3 Å². The molecule has 0 radical (unpaired) electrons. The molecule has 0 aliphatic heterocycles. The molecule has 0 rings (SSSR count). The van der Waals surface area contributed by atoms with Gasteiger partial charge in [-0.05, 0) is 13.3 Å². The lowest BCUT2D eigenvalue weighted by Gasteiger charge is -2.13. The number of hydrogen-bond donors (Lipinski definition) is 0. The van der Waals surface area contributed by atoms with Crippen molar-refractivity contribution in [3.05, 3.63) is 0 Å². The first-order valence-corrected chi connectivity index (χ1v) is 5.89. The van der Waals surface area contributed by atoms with Gasteiger partial charge in [-0.25, -0.2) is 0 Å². The molecule has 0 saturated heterocycles. The van der Waals surface area contributed by atoms with Crippen LogP contribution in [0.4, 0.5) is 0 Å². The standard InChI is InChI=1S/C12H22O4/c1-4-6-7-8-10(9-11(13)15-3)12(14)16-5-2/h10H,4-9H2,1-3H3. The SMILES string of the molecule is CCCCCC(CC(=O)OC)C(=O)OCC. The highest BCUT2D eigenvalue weighted by Gasteiger charge is 2.22. The van der Waals surface area contributed by atoms with Gasteiger partial charge in [-0.3, -0.25) is 9.59 Å². The van der Waals surface area contributed by atoms with Gasteiger partial charge in [-0.2, -0.15) is 0 Å². The number of esters is 2. The van der Waals surface area contributed by atoms with Crippen molar-refractivity contribution >= 4 is 11.9 Å². The van der Waals surface area contributed by atoms with Gasteiger partial charge in [0.25, 0.3) is 0 Å². The zero-order valence-electron chi connectivity index (χ0n) is 10.5. The maximum Gasteiger partial charge on any atom is 0.309 e. The van der Waals surface area contributed by atoms with Crippen LogP contribution < -0.4 is 0 Å². The monoisotopic (exact) mass is 230 g/mol. The molecule has 0 aromatic heterocycles. The Bertz CT molecular complexity index is 213. The second-order valence-corrected chi connectivity index (χ2v) is 3.73. The molecule has 1 atom stereocenters. The summed E-state index contributed by atoms with van der Waals surface area (Å²) in [6.07, 6.45) is 3.92. The molecule has 0 spiro atoms. The Hall–Kier alpha value is -1.06. The number of ether oxygens (including phenoxy) is 2. The van der Waals surface area contributed by atoms with Gasteiger partial charge in [0.05, 0.1) is 26.1 Å². The third-order valence-electron chi connectivity index (χ3n) is 2.42. The van der Waals surface area contributed by atoms with Gasteiger partial charge in [0, 0.05) is 0 Å². The van der Waals surface area contributed by atoms with Crippen LogP contribution in [0.1, 0.15) is 46.0 Å². The van der Waals surface area contributed by atoms with E-state index in [1.165, 1.54) is 7.11 Å². The van der Waals surface area contributed by atoms with Gasteiger partial charge in [0.1, 0.15) is 0 Å². The van der Waals surface area contributed by atoms with E-state index in [1.54, 1.807) is 6.92 Å². The lowest BCUT2D eigenvalue weighted by atomic mass is 9.98. The van der Waals surface area contributed by atoms with E-state index in [-0.39, 0.29) is 24.3 Å². The van der Waals surface area contributed by atoms with Crippen LogP contribution in [0.3, 0.4) is 0 Å². The van der Waals surface area contributed by atoms with Gasteiger partial charge in [-0.15, -0.1) is 0 Å². The summed E-state index contributed by atoms with van der Waals surface area (Å²) < 4.78 is 9.50. The van der Waals surface area contributed by atoms with Crippen LogP contribution >= 0.6 is 0 Å². The third kappa shape index (κ3) is 6.43. The normalized spacial score (nSPS) is 11.9. The molecule has 0 saturated carbocycles. The van der Waals surface area contributed by atoms with Gasteiger partial charge in [0.2, 0.25) is 0 Å². The zero-order chi connectivity index (χ0) is 12.4. The predicted octanol–water partition coefficient (Wildman–Crippen LogP) is 2.31. The predicted molar refractivity (Wildman–Crippen MR) is 60.9 cm³/mol. The van der Waals surface area contributed by atoms with Crippen LogP contribution in [0, 0.1) is 5.92 Å². The van der Waals surface area contributed by atoms with E-state index in [0.29, 0.717) is 13.0 Å². The Kier molecular flexibility index (Phi) is 8.58. The minimum atomic E-state index is -0.352. The van der Waals surface area contributed by atoms with E-state index in [9.17, 15) is 9.59 Å². The molecule has 94 valence electrons. The first kappa shape index (κ1) is 14.9. The summed E-state index contributed by atoms with van der Waals surface area (Å²) in [7, 11) is 1.33. The van der Waals surface area contributed by atoms with Crippen LogP contribution in [-0.2, 0) is 19.1 Å². The Morgan fingerprint density at radius 2 is 1.88 bits per heavy atom. The Morgan fingerprint density at radius 3 is 2.38 bits per heavy atom. The minimum absolute atomic E-state index is 0.124. The molecule has 16 heavy (non-hydrogen) atoms. The Morgan fingerprint density at radius 1 is 1.19 bits per heavy atom. The first-order chi connectivity index (χ1) is 7.65. The van der Waals surface area contributed by atoms with Gasteiger partial charge < -0.3 is 9.47 Å². The summed E-state index contributed by atoms with van der Waals surface area (Å²) in [5, 5.41) is 0. The van der Waals surface area contributed by atoms with Gasteiger partial charge in [0.15, 0.2) is 0 Å². The minimum Gasteiger partial charge on any atom is -0.469 e. The Labute approximate surface area is 97.3 Å². The molecule has 4 heteroatoms. The van der Waals surface area contributed by atoms with E-state index in [2.05, 4.69) is 11.7 Å². The summed E-state index contributed by atoms with van der Waals surface area (Å²) in [6.45, 7) is 4.21. The maximum atomic E-state index is 11.6. The lowest BCUT2D eigenvalue weighted by molar-refractivity contribution is -0.154. The largest absolute Gasteiger partial charge is 0.469 e. The second-order valence-electron chi connectivity index (χ2n) is 3.73. The van der Waals surface area contributed by atoms with Crippen molar-refractivity contribution in [1.29, 1.82) is 0 Å². The number of rotatable bonds is 8. The summed E-state index contributed by atoms with van der Waals surface area (Å²) >= 11 is 0. The number of methoxy groups -OCH3 is 1. The van der Waals surface area contributed by atoms with Crippen LogP contribution in [0.5, 0.6) is 0 Å². The van der Waals surface area contributed by atoms with E-state index < -0.39 is 0 Å². The van der Waals surface area contributed by atoms with Crippen molar-refractivity contribution in [1.82, 2.24) is 0 Å². The Balaban J connectivity index is 4.14. The third-order valence-corrected chi connectivity index (χ3v) is 2.42. The number of hydrogen-bond acceptors (Lipinski definition) is 4. The molecule has 0 aliphatic rings. The number of unbranched alkanes of at least 4 members (excludes halogenated alkanes) is 2. The van der Waals surface area contributed by atoms with Gasteiger partial charge >= 0.3 is 11.9 Å². The highest BCUT2D eigenvalue weighted by atomic mass is 16.5. The molecule has 0 heterocycles. The summed E-state index contributed by atoms with van der Waals surface area (Å²) in [5.41, 5.74) is 0. The van der Waals surface area contributed by atoms with Crippen molar-refractivity contribution in [3.8, 4) is 0 Å². The van der Waals surface area contributed by atoms with Crippen molar-refractivity contribution in [2.45, 2.75) is 46.0 Å². The maximum absolute atomic E-state index is 11.6. The second kappa shape index (κ2) is 9.19. The fraction of sp³-hybridized carbons (Fsp3) is 0.833. The molecule has 4 nitrogen and oxygen atoms in total. The van der Waals surface area contributed by atoms with Crippen LogP contribution in [0.15, 0.2) is 0 Å². The van der Waals surface area contributed by atoms with Crippen molar-refractivity contribution in [2.75, 3.05) is 13.7 Å². The summed E-state index contributed by atoms with van der Waals surface area (Å²) in [5.74, 6) is -0.988. The number of carbonyl (C=O) groups excluding carboxylic acids is 2. The first-order valence-electron chi connectivity index (χ1n) is 5.89. The van der Waals surface area contributed by atoms with Crippen LogP contribution in [0.25, 0.3) is 0 Å². The molecular formula is C12H22O4. The van der Waals surface area contributed by atoms with E-state index in [1.807, 2.05) is 0 Å². The molecule has 0 aromatic carbocycles. The van der Waals surface area contributed by atoms with Crippen LogP contribution in [0.2, 0.25) is 0 Å². The smallest absolute Gasteiger partial charge is 0.309 e. The highest BCUT2D eigenvalue weighted by Crippen LogP contribution is 2.16. The molecule has 0 N–H and O–H groups in total. The zero-order valence-corrected chi connectivity index (χ0v) is 10.5. The topological polar surface area (TPSA) is 52.6 Å². The van der Waals surface area contributed by atoms with E-state index in [4.69, 9.17) is 4.74 Å². The average Bonchev–Trinajstić information content (AvgIpc) is 2.28. The van der Waals surface area contributed by atoms with Crippen molar-refractivity contribution in [2.24, 2.45) is 5.92 Å². The lowest BCUT2D eigenvalue weighted by Crippen LogP contribution is -2.21. The molecule has 0 fully saturated rings. The molecular weight excluding hydrogens is 208 g/mol. The molecule has 1 unspecified atom stereocenters. The van der Waals surface area contributed by atoms with E-state index >= 15 is 0 Å². The summed E-state index contributed by atoms with van der Waals surface area (Å²) in [6, 6.07) is 0.